The molecule has 1 aliphatic carbocycles. The molecule has 0 bridgehead atoms. The number of fused-ring (bicyclic) bond motifs is 5. The van der Waals surface area contributed by atoms with Crippen LogP contribution in [0, 0.1) is 13.8 Å². The molecule has 0 N–H and O–H groups in total. The van der Waals surface area contributed by atoms with Gasteiger partial charge in [0.2, 0.25) is 0 Å². The average Bonchev–Trinajstić information content (AvgIpc) is 3.23. The van der Waals surface area contributed by atoms with Crippen molar-refractivity contribution >= 4 is 11.0 Å². The molecule has 4 aromatic rings. The lowest BCUT2D eigenvalue weighted by Crippen LogP contribution is -2.24. The van der Waals surface area contributed by atoms with Crippen molar-refractivity contribution in [2.45, 2.75) is 39.0 Å². The van der Waals surface area contributed by atoms with E-state index in [0.717, 1.165) is 52.4 Å². The normalized spacial score (nSPS) is 18.6. The molecule has 1 atom stereocenters. The van der Waals surface area contributed by atoms with Gasteiger partial charge in [0, 0.05) is 28.3 Å². The number of hydrogen-bond acceptors (Lipinski definition) is 3. The molecule has 0 amide bonds. The van der Waals surface area contributed by atoms with Gasteiger partial charge in [-0.1, -0.05) is 36.8 Å². The molecule has 2 aromatic carbocycles. The zero-order chi connectivity index (χ0) is 19.5. The number of para-hydroxylation sites is 1. The summed E-state index contributed by atoms with van der Waals surface area (Å²) >= 11 is 0. The third-order valence-electron chi connectivity index (χ3n) is 6.15. The van der Waals surface area contributed by atoms with Crippen molar-refractivity contribution in [1.29, 1.82) is 0 Å². The summed E-state index contributed by atoms with van der Waals surface area (Å²) < 4.78 is 18.3. The maximum absolute atomic E-state index is 6.31. The van der Waals surface area contributed by atoms with E-state index in [1.54, 1.807) is 7.11 Å². The zero-order valence-corrected chi connectivity index (χ0v) is 16.8. The van der Waals surface area contributed by atoms with E-state index in [-0.39, 0.29) is 5.41 Å². The summed E-state index contributed by atoms with van der Waals surface area (Å²) in [5, 5.41) is 1.13. The number of methoxy groups -OCH3 is 1. The monoisotopic (exact) mass is 372 g/mol. The molecule has 0 radical (unpaired) electrons. The second-order valence-electron chi connectivity index (χ2n) is 8.03. The Kier molecular flexibility index (Phi) is 3.70. The van der Waals surface area contributed by atoms with E-state index in [1.165, 1.54) is 16.7 Å². The van der Waals surface area contributed by atoms with Gasteiger partial charge in [0.05, 0.1) is 12.7 Å². The first-order valence-electron chi connectivity index (χ1n) is 9.78. The minimum Gasteiger partial charge on any atom is -0.496 e. The van der Waals surface area contributed by atoms with Crippen LogP contribution in [0.3, 0.4) is 0 Å². The van der Waals surface area contributed by atoms with Gasteiger partial charge in [-0.2, -0.15) is 0 Å². The first-order valence-corrected chi connectivity index (χ1v) is 9.78. The highest BCUT2D eigenvalue weighted by Crippen LogP contribution is 2.51. The van der Waals surface area contributed by atoms with Crippen LogP contribution in [0.2, 0.25) is 0 Å². The average molecular weight is 372 g/mol. The smallest absolute Gasteiger partial charge is 0.142 e. The topological polar surface area (TPSA) is 35.5 Å². The summed E-state index contributed by atoms with van der Waals surface area (Å²) in [6, 6.07) is 16.8. The van der Waals surface area contributed by atoms with Crippen LogP contribution < -0.4 is 4.74 Å². The van der Waals surface area contributed by atoms with E-state index in [4.69, 9.17) is 13.6 Å². The predicted octanol–water partition coefficient (Wildman–Crippen LogP) is 6.57. The highest BCUT2D eigenvalue weighted by molar-refractivity contribution is 5.96. The van der Waals surface area contributed by atoms with Gasteiger partial charge in [-0.15, -0.1) is 0 Å². The Morgan fingerprint density at radius 1 is 0.964 bits per heavy atom. The Morgan fingerprint density at radius 2 is 1.79 bits per heavy atom. The number of hydrogen-bond donors (Lipinski definition) is 0. The van der Waals surface area contributed by atoms with Gasteiger partial charge in [-0.3, -0.25) is 0 Å². The molecule has 0 saturated heterocycles. The third-order valence-corrected chi connectivity index (χ3v) is 6.15. The number of ether oxygens (including phenoxy) is 1. The Morgan fingerprint density at radius 3 is 2.61 bits per heavy atom. The Bertz CT molecular complexity index is 1190. The lowest BCUT2D eigenvalue weighted by molar-refractivity contribution is 0.390. The lowest BCUT2D eigenvalue weighted by atomic mass is 9.73. The first kappa shape index (κ1) is 17.2. The summed E-state index contributed by atoms with van der Waals surface area (Å²) in [5.74, 6) is 3.77. The van der Waals surface area contributed by atoms with Gasteiger partial charge in [0.25, 0.3) is 0 Å². The van der Waals surface area contributed by atoms with Crippen molar-refractivity contribution in [2.75, 3.05) is 7.11 Å². The van der Waals surface area contributed by atoms with Crippen molar-refractivity contribution in [3.63, 3.8) is 0 Å². The molecule has 3 nitrogen and oxygen atoms in total. The maximum atomic E-state index is 6.31. The number of benzene rings is 2. The van der Waals surface area contributed by atoms with Crippen molar-refractivity contribution in [3.8, 4) is 17.1 Å². The second-order valence-corrected chi connectivity index (χ2v) is 8.03. The fourth-order valence-electron chi connectivity index (χ4n) is 4.68. The van der Waals surface area contributed by atoms with E-state index in [0.29, 0.717) is 0 Å². The Labute approximate surface area is 164 Å². The van der Waals surface area contributed by atoms with Crippen LogP contribution in [-0.2, 0) is 11.8 Å². The predicted molar refractivity (Wildman–Crippen MR) is 111 cm³/mol. The summed E-state index contributed by atoms with van der Waals surface area (Å²) in [6.45, 7) is 6.42. The van der Waals surface area contributed by atoms with Gasteiger partial charge in [-0.25, -0.2) is 0 Å². The molecular weight excluding hydrogens is 348 g/mol. The highest BCUT2D eigenvalue weighted by atomic mass is 16.5. The Balaban J connectivity index is 1.82. The summed E-state index contributed by atoms with van der Waals surface area (Å²) in [7, 11) is 1.74. The van der Waals surface area contributed by atoms with Gasteiger partial charge in [-0.05, 0) is 44.5 Å². The summed E-state index contributed by atoms with van der Waals surface area (Å²) in [5.41, 5.74) is 5.43. The van der Waals surface area contributed by atoms with Crippen molar-refractivity contribution in [2.24, 2.45) is 0 Å². The van der Waals surface area contributed by atoms with Gasteiger partial charge >= 0.3 is 0 Å². The lowest BCUT2D eigenvalue weighted by Gasteiger charge is -2.30. The fourth-order valence-corrected chi connectivity index (χ4v) is 4.68. The van der Waals surface area contributed by atoms with E-state index in [2.05, 4.69) is 50.2 Å². The van der Waals surface area contributed by atoms with Crippen LogP contribution in [0.15, 0.2) is 57.4 Å². The molecule has 2 heterocycles. The van der Waals surface area contributed by atoms with E-state index in [1.807, 2.05) is 19.1 Å². The molecule has 0 spiro atoms. The molecule has 0 unspecified atom stereocenters. The maximum Gasteiger partial charge on any atom is 0.142 e. The molecule has 3 heteroatoms. The second kappa shape index (κ2) is 6.03. The van der Waals surface area contributed by atoms with Gasteiger partial charge in [0.15, 0.2) is 0 Å². The number of rotatable bonds is 2. The molecule has 1 aliphatic rings. The standard InChI is InChI=1S/C25H24O3/c1-15-9-10-20-17(13-15)23-22(28-20)11-12-25(3,19-14-16(2)27-24(19)23)18-7-5-6-8-21(18)26-4/h5-10,13-14H,11-12H2,1-4H3/t25-/m1/s1. The van der Waals surface area contributed by atoms with Crippen LogP contribution in [0.4, 0.5) is 0 Å². The van der Waals surface area contributed by atoms with Crippen molar-refractivity contribution in [1.82, 2.24) is 0 Å². The molecule has 0 saturated carbocycles. The molecule has 0 fully saturated rings. The summed E-state index contributed by atoms with van der Waals surface area (Å²) in [4.78, 5) is 0. The minimum atomic E-state index is -0.225. The highest BCUT2D eigenvalue weighted by Gasteiger charge is 2.40. The first-order chi connectivity index (χ1) is 13.5. The number of aryl methyl sites for hydroxylation is 3. The van der Waals surface area contributed by atoms with Crippen LogP contribution >= 0.6 is 0 Å². The zero-order valence-electron chi connectivity index (χ0n) is 16.8. The van der Waals surface area contributed by atoms with Crippen molar-refractivity contribution < 1.29 is 13.6 Å². The van der Waals surface area contributed by atoms with Crippen LogP contribution in [0.1, 0.15) is 41.6 Å². The van der Waals surface area contributed by atoms with E-state index in [9.17, 15) is 0 Å². The minimum absolute atomic E-state index is 0.225. The fraction of sp³-hybridized carbons (Fsp3) is 0.280. The van der Waals surface area contributed by atoms with E-state index < -0.39 is 0 Å². The van der Waals surface area contributed by atoms with Gasteiger partial charge in [0.1, 0.15) is 28.6 Å². The van der Waals surface area contributed by atoms with Gasteiger partial charge < -0.3 is 13.6 Å². The molecule has 142 valence electrons. The molecule has 2 aromatic heterocycles. The van der Waals surface area contributed by atoms with Crippen LogP contribution in [-0.4, -0.2) is 7.11 Å². The number of furan rings is 2. The molecular formula is C25H24O3. The van der Waals surface area contributed by atoms with Crippen molar-refractivity contribution in [3.05, 3.63) is 76.7 Å². The molecule has 28 heavy (non-hydrogen) atoms. The molecule has 5 rings (SSSR count). The molecule has 0 aliphatic heterocycles. The summed E-state index contributed by atoms with van der Waals surface area (Å²) in [6.07, 6.45) is 1.77. The Hall–Kier alpha value is -2.94. The van der Waals surface area contributed by atoms with Crippen LogP contribution in [0.5, 0.6) is 5.75 Å². The third kappa shape index (κ3) is 2.35. The van der Waals surface area contributed by atoms with E-state index >= 15 is 0 Å². The largest absolute Gasteiger partial charge is 0.496 e. The quantitative estimate of drug-likeness (QED) is 0.399. The van der Waals surface area contributed by atoms with Crippen LogP contribution in [0.25, 0.3) is 22.3 Å². The SMILES string of the molecule is COc1ccccc1[C@@]1(C)CCc2oc3ccc(C)cc3c2-c2oc(C)cc21.